The second kappa shape index (κ2) is 9.11. The standard InChI is InChI=1S/C27H30F2N6O/c1-5-21-24(35-14-16(2)12-31-26(35)33-21)25(36)30-13-18-6-7-20(17(3)10-18)22-15-34-9-8-19(27(4,28)29)11-23(34)32-22/h6-7,10,12,14-15,19H,5,8-9,11,13H2,1-4H3,(H,30,36). The number of hydrogen-bond donors (Lipinski definition) is 1. The number of nitrogens with one attached hydrogen (secondary N) is 1. The molecule has 36 heavy (non-hydrogen) atoms. The van der Waals surface area contributed by atoms with Crippen molar-refractivity contribution in [2.24, 2.45) is 5.92 Å². The minimum absolute atomic E-state index is 0.197. The van der Waals surface area contributed by atoms with Crippen LogP contribution in [0.1, 0.15) is 59.0 Å². The van der Waals surface area contributed by atoms with Gasteiger partial charge < -0.3 is 9.88 Å². The molecule has 1 unspecified atom stereocenters. The fraction of sp³-hybridized carbons (Fsp3) is 0.407. The summed E-state index contributed by atoms with van der Waals surface area (Å²) in [6.07, 6.45) is 6.93. The highest BCUT2D eigenvalue weighted by Gasteiger charge is 2.37. The summed E-state index contributed by atoms with van der Waals surface area (Å²) < 4.78 is 31.4. The number of carbonyl (C=O) groups is 1. The molecule has 1 amide bonds. The highest BCUT2D eigenvalue weighted by atomic mass is 19.3. The van der Waals surface area contributed by atoms with Crippen LogP contribution < -0.4 is 5.32 Å². The Morgan fingerprint density at radius 3 is 2.75 bits per heavy atom. The van der Waals surface area contributed by atoms with E-state index < -0.39 is 11.8 Å². The Hall–Kier alpha value is -3.62. The fourth-order valence-electron chi connectivity index (χ4n) is 4.94. The van der Waals surface area contributed by atoms with Gasteiger partial charge in [-0.05, 0) is 50.3 Å². The summed E-state index contributed by atoms with van der Waals surface area (Å²) in [5.74, 6) is -2.34. The third kappa shape index (κ3) is 4.50. The summed E-state index contributed by atoms with van der Waals surface area (Å²) >= 11 is 0. The number of halogens is 2. The molecular weight excluding hydrogens is 462 g/mol. The highest BCUT2D eigenvalue weighted by molar-refractivity contribution is 5.94. The van der Waals surface area contributed by atoms with Crippen LogP contribution in [0.5, 0.6) is 0 Å². The molecule has 1 atom stereocenters. The molecule has 3 aromatic heterocycles. The van der Waals surface area contributed by atoms with Crippen LogP contribution >= 0.6 is 0 Å². The zero-order chi connectivity index (χ0) is 25.6. The van der Waals surface area contributed by atoms with E-state index in [2.05, 4.69) is 20.3 Å². The van der Waals surface area contributed by atoms with Crippen LogP contribution in [-0.4, -0.2) is 35.7 Å². The monoisotopic (exact) mass is 492 g/mol. The lowest BCUT2D eigenvalue weighted by Crippen LogP contribution is -2.32. The van der Waals surface area contributed by atoms with E-state index in [0.717, 1.165) is 34.9 Å². The smallest absolute Gasteiger partial charge is 0.270 e. The Labute approximate surface area is 208 Å². The number of rotatable bonds is 6. The lowest BCUT2D eigenvalue weighted by atomic mass is 9.92. The number of hydrogen-bond acceptors (Lipinski definition) is 4. The van der Waals surface area contributed by atoms with Crippen LogP contribution in [0.25, 0.3) is 17.0 Å². The van der Waals surface area contributed by atoms with Gasteiger partial charge in [0.2, 0.25) is 11.7 Å². The van der Waals surface area contributed by atoms with Crippen molar-refractivity contribution in [1.82, 2.24) is 29.2 Å². The molecule has 7 nitrogen and oxygen atoms in total. The maximum absolute atomic E-state index is 13.8. The van der Waals surface area contributed by atoms with E-state index in [9.17, 15) is 13.6 Å². The molecule has 0 saturated carbocycles. The third-order valence-corrected chi connectivity index (χ3v) is 6.97. The van der Waals surface area contributed by atoms with Gasteiger partial charge in [-0.3, -0.25) is 9.20 Å². The maximum atomic E-state index is 13.8. The highest BCUT2D eigenvalue weighted by Crippen LogP contribution is 2.34. The van der Waals surface area contributed by atoms with Gasteiger partial charge in [0.25, 0.3) is 5.91 Å². The summed E-state index contributed by atoms with van der Waals surface area (Å²) in [4.78, 5) is 26.6. The minimum Gasteiger partial charge on any atom is -0.347 e. The fourth-order valence-corrected chi connectivity index (χ4v) is 4.94. The number of amides is 1. The number of aromatic nitrogens is 5. The molecule has 1 aliphatic rings. The second-order valence-corrected chi connectivity index (χ2v) is 9.78. The van der Waals surface area contributed by atoms with Crippen molar-refractivity contribution in [2.45, 2.75) is 66.0 Å². The largest absolute Gasteiger partial charge is 0.347 e. The Morgan fingerprint density at radius 2 is 2.03 bits per heavy atom. The van der Waals surface area contributed by atoms with E-state index in [4.69, 9.17) is 0 Å². The van der Waals surface area contributed by atoms with Gasteiger partial charge in [0.05, 0.1) is 11.4 Å². The van der Waals surface area contributed by atoms with Crippen molar-refractivity contribution in [2.75, 3.05) is 0 Å². The van der Waals surface area contributed by atoms with E-state index in [1.807, 2.05) is 55.9 Å². The lowest BCUT2D eigenvalue weighted by molar-refractivity contribution is -0.0488. The predicted octanol–water partition coefficient (Wildman–Crippen LogP) is 4.92. The Kier molecular flexibility index (Phi) is 6.10. The number of nitrogens with zero attached hydrogens (tertiary/aromatic N) is 5. The second-order valence-electron chi connectivity index (χ2n) is 9.78. The van der Waals surface area contributed by atoms with Crippen LogP contribution in [-0.2, 0) is 25.9 Å². The van der Waals surface area contributed by atoms with Crippen molar-refractivity contribution in [3.8, 4) is 11.3 Å². The van der Waals surface area contributed by atoms with Gasteiger partial charge in [0.15, 0.2) is 0 Å². The molecule has 0 saturated heterocycles. The molecule has 0 bridgehead atoms. The summed E-state index contributed by atoms with van der Waals surface area (Å²) in [6.45, 7) is 7.80. The maximum Gasteiger partial charge on any atom is 0.270 e. The lowest BCUT2D eigenvalue weighted by Gasteiger charge is -2.27. The number of benzene rings is 1. The first kappa shape index (κ1) is 24.1. The van der Waals surface area contributed by atoms with Gasteiger partial charge in [-0.2, -0.15) is 0 Å². The molecule has 188 valence electrons. The molecule has 4 heterocycles. The van der Waals surface area contributed by atoms with Gasteiger partial charge in [-0.15, -0.1) is 0 Å². The molecule has 9 heteroatoms. The molecular formula is C27H30F2N6O. The van der Waals surface area contributed by atoms with Crippen LogP contribution in [0.2, 0.25) is 0 Å². The number of aryl methyl sites for hydroxylation is 4. The molecule has 0 aliphatic carbocycles. The molecule has 0 radical (unpaired) electrons. The SMILES string of the molecule is CCc1nc2ncc(C)cn2c1C(=O)NCc1ccc(-c2cn3c(n2)CC(C(C)(F)F)CC3)c(C)c1. The average Bonchev–Trinajstić information content (AvgIpc) is 3.42. The Bertz CT molecular complexity index is 1450. The van der Waals surface area contributed by atoms with E-state index >= 15 is 0 Å². The summed E-state index contributed by atoms with van der Waals surface area (Å²) in [5, 5.41) is 3.01. The quantitative estimate of drug-likeness (QED) is 0.415. The molecule has 1 aliphatic heterocycles. The van der Waals surface area contributed by atoms with Crippen LogP contribution in [0.4, 0.5) is 8.78 Å². The van der Waals surface area contributed by atoms with Gasteiger partial charge in [-0.25, -0.2) is 23.7 Å². The first-order chi connectivity index (χ1) is 17.1. The first-order valence-electron chi connectivity index (χ1n) is 12.3. The summed E-state index contributed by atoms with van der Waals surface area (Å²) in [7, 11) is 0. The van der Waals surface area contributed by atoms with Gasteiger partial charge in [-0.1, -0.05) is 25.1 Å². The van der Waals surface area contributed by atoms with Crippen LogP contribution in [0, 0.1) is 19.8 Å². The Balaban J connectivity index is 1.32. The van der Waals surface area contributed by atoms with Crippen LogP contribution in [0.3, 0.4) is 0 Å². The van der Waals surface area contributed by atoms with E-state index in [0.29, 0.717) is 48.9 Å². The summed E-state index contributed by atoms with van der Waals surface area (Å²) in [5.41, 5.74) is 5.89. The van der Waals surface area contributed by atoms with Gasteiger partial charge in [0, 0.05) is 49.6 Å². The normalized spacial score (nSPS) is 15.8. The first-order valence-corrected chi connectivity index (χ1v) is 12.3. The summed E-state index contributed by atoms with van der Waals surface area (Å²) in [6, 6.07) is 5.97. The number of alkyl halides is 2. The van der Waals surface area contributed by atoms with E-state index in [1.54, 1.807) is 10.6 Å². The molecule has 5 rings (SSSR count). The van der Waals surface area contributed by atoms with E-state index in [1.165, 1.54) is 0 Å². The van der Waals surface area contributed by atoms with Crippen molar-refractivity contribution in [3.63, 3.8) is 0 Å². The zero-order valence-electron chi connectivity index (χ0n) is 21.0. The van der Waals surface area contributed by atoms with Crippen LogP contribution in [0.15, 0.2) is 36.8 Å². The topological polar surface area (TPSA) is 77.1 Å². The number of carbonyl (C=O) groups excluding carboxylic acids is 1. The third-order valence-electron chi connectivity index (χ3n) is 6.97. The molecule has 0 fully saturated rings. The van der Waals surface area contributed by atoms with Crippen molar-refractivity contribution in [3.05, 3.63) is 70.7 Å². The average molecular weight is 493 g/mol. The number of fused-ring (bicyclic) bond motifs is 2. The minimum atomic E-state index is -2.70. The molecule has 4 aromatic rings. The van der Waals surface area contributed by atoms with Gasteiger partial charge in [0.1, 0.15) is 11.5 Å². The zero-order valence-corrected chi connectivity index (χ0v) is 21.0. The predicted molar refractivity (Wildman–Crippen MR) is 133 cm³/mol. The van der Waals surface area contributed by atoms with Crippen molar-refractivity contribution in [1.29, 1.82) is 0 Å². The molecule has 0 spiro atoms. The van der Waals surface area contributed by atoms with Crippen molar-refractivity contribution >= 4 is 11.7 Å². The molecule has 1 N–H and O–H groups in total. The van der Waals surface area contributed by atoms with Crippen molar-refractivity contribution < 1.29 is 13.6 Å². The molecule has 1 aromatic carbocycles. The van der Waals surface area contributed by atoms with E-state index in [-0.39, 0.29) is 12.3 Å². The number of imidazole rings is 2. The Morgan fingerprint density at radius 1 is 1.22 bits per heavy atom. The van der Waals surface area contributed by atoms with Gasteiger partial charge >= 0.3 is 0 Å².